The predicted octanol–water partition coefficient (Wildman–Crippen LogP) is 6.08. The van der Waals surface area contributed by atoms with Crippen LogP contribution in [-0.2, 0) is 6.42 Å². The molecule has 0 atom stereocenters. The van der Waals surface area contributed by atoms with Gasteiger partial charge in [0.15, 0.2) is 0 Å². The molecule has 34 heavy (non-hydrogen) atoms. The number of rotatable bonds is 4. The van der Waals surface area contributed by atoms with E-state index in [2.05, 4.69) is 24.0 Å². The third-order valence-corrected chi connectivity index (χ3v) is 5.10. The van der Waals surface area contributed by atoms with E-state index in [0.717, 1.165) is 34.1 Å². The second-order valence-electron chi connectivity index (χ2n) is 7.19. The molecule has 1 N–H and O–H groups in total. The Morgan fingerprint density at radius 2 is 1.62 bits per heavy atom. The molecule has 0 unspecified atom stereocenters. The molecule has 0 saturated carbocycles. The van der Waals surface area contributed by atoms with E-state index in [4.69, 9.17) is 20.8 Å². The summed E-state index contributed by atoms with van der Waals surface area (Å²) >= 11 is 5.96. The van der Waals surface area contributed by atoms with Crippen LogP contribution in [0, 0.1) is 5.82 Å². The highest BCUT2D eigenvalue weighted by Gasteiger charge is 2.20. The van der Waals surface area contributed by atoms with E-state index in [-0.39, 0.29) is 5.02 Å². The fourth-order valence-electron chi connectivity index (χ4n) is 3.18. The van der Waals surface area contributed by atoms with Crippen molar-refractivity contribution >= 4 is 35.5 Å². The van der Waals surface area contributed by atoms with Crippen LogP contribution in [0.3, 0.4) is 0 Å². The van der Waals surface area contributed by atoms with E-state index in [1.54, 1.807) is 19.2 Å². The first-order valence-electron chi connectivity index (χ1n) is 10.2. The third kappa shape index (κ3) is 6.84. The number of hydrogen-bond acceptors (Lipinski definition) is 2. The van der Waals surface area contributed by atoms with Crippen molar-refractivity contribution in [1.82, 2.24) is 0 Å². The van der Waals surface area contributed by atoms with Crippen molar-refractivity contribution in [3.8, 4) is 17.1 Å². The maximum Gasteiger partial charge on any atom is 0.673 e. The Balaban J connectivity index is 0.000000588. The minimum atomic E-state index is -6.00. The second-order valence-corrected chi connectivity index (χ2v) is 7.59. The Labute approximate surface area is 197 Å². The van der Waals surface area contributed by atoms with Gasteiger partial charge in [-0.25, -0.2) is 9.38 Å². The first-order valence-corrected chi connectivity index (χ1v) is 10.6. The lowest BCUT2D eigenvalue weighted by molar-refractivity contribution is -0.400. The number of benzene rings is 3. The van der Waals surface area contributed by atoms with Crippen molar-refractivity contribution in [2.45, 2.75) is 13.3 Å². The van der Waals surface area contributed by atoms with E-state index in [1.165, 1.54) is 11.6 Å². The lowest BCUT2D eigenvalue weighted by Gasteiger charge is -2.06. The molecule has 0 aliphatic heterocycles. The predicted molar refractivity (Wildman–Crippen MR) is 123 cm³/mol. The molecule has 0 radical (unpaired) electrons. The van der Waals surface area contributed by atoms with Crippen LogP contribution in [0.1, 0.15) is 12.5 Å². The Kier molecular flexibility index (Phi) is 7.99. The molecule has 0 saturated heterocycles. The summed E-state index contributed by atoms with van der Waals surface area (Å²) < 4.78 is 64.0. The molecular weight excluding hydrogens is 476 g/mol. The summed E-state index contributed by atoms with van der Waals surface area (Å²) in [6.45, 7) is 2.11. The van der Waals surface area contributed by atoms with Crippen LogP contribution in [0.2, 0.25) is 5.02 Å². The van der Waals surface area contributed by atoms with Crippen molar-refractivity contribution < 1.29 is 35.8 Å². The summed E-state index contributed by atoms with van der Waals surface area (Å²) in [5.41, 5.74) is 3.58. The van der Waals surface area contributed by atoms with E-state index in [0.29, 0.717) is 11.4 Å². The summed E-state index contributed by atoms with van der Waals surface area (Å²) in [4.78, 5) is 3.36. The summed E-state index contributed by atoms with van der Waals surface area (Å²) in [6.07, 6.45) is 0.915. The molecule has 3 aromatic carbocycles. The van der Waals surface area contributed by atoms with Crippen molar-refractivity contribution in [3.05, 3.63) is 88.5 Å². The highest BCUT2D eigenvalue weighted by molar-refractivity contribution is 6.50. The molecule has 0 fully saturated rings. The Morgan fingerprint density at radius 1 is 0.941 bits per heavy atom. The summed E-state index contributed by atoms with van der Waals surface area (Å²) in [7, 11) is -4.36. The second kappa shape index (κ2) is 10.7. The fraction of sp³-hybridized carbons (Fsp3) is 0.125. The van der Waals surface area contributed by atoms with Gasteiger partial charge in [-0.1, -0.05) is 24.6 Å². The monoisotopic (exact) mass is 495 g/mol. The standard InChI is InChI=1S/C24H19ClFNO2.BF4/c1-3-15-4-11-23-19(12-15)22(27-17-7-10-21(26)20(25)13-17)14-24(29-23)16-5-8-18(28-2)9-6-16;2-1(3,4)5/h4-14H,3H2,1-2H3;/q;-1/p+1. The number of aryl methyl sites for hydroxylation is 1. The van der Waals surface area contributed by atoms with Gasteiger partial charge in [0.2, 0.25) is 11.0 Å². The lowest BCUT2D eigenvalue weighted by Crippen LogP contribution is -2.70. The van der Waals surface area contributed by atoms with E-state index >= 15 is 0 Å². The first-order chi connectivity index (χ1) is 16.1. The van der Waals surface area contributed by atoms with E-state index in [9.17, 15) is 21.7 Å². The van der Waals surface area contributed by atoms with Gasteiger partial charge in [0.05, 0.1) is 23.6 Å². The molecule has 0 spiro atoms. The summed E-state index contributed by atoms with van der Waals surface area (Å²) in [6, 6.07) is 20.3. The van der Waals surface area contributed by atoms with Gasteiger partial charge in [-0.2, -0.15) is 0 Å². The molecule has 0 aliphatic carbocycles. The van der Waals surface area contributed by atoms with Gasteiger partial charge in [0, 0.05) is 17.7 Å². The third-order valence-electron chi connectivity index (χ3n) is 4.81. The normalized spacial score (nSPS) is 11.8. The average molecular weight is 496 g/mol. The molecular formula is C24H20BClF5NO2. The minimum absolute atomic E-state index is 0.0737. The zero-order chi connectivity index (χ0) is 24.9. The Bertz CT molecular complexity index is 1350. The van der Waals surface area contributed by atoms with Crippen molar-refractivity contribution in [2.24, 2.45) is 0 Å². The number of methoxy groups -OCH3 is 1. The SMILES string of the molecule is CCc1ccc2oc(-c3ccc(OC)cc3)cc(=[NH+]c3ccc(F)c(Cl)c3)c2c1.F[B-](F)(F)F. The summed E-state index contributed by atoms with van der Waals surface area (Å²) in [5, 5.41) is 1.88. The van der Waals surface area contributed by atoms with Crippen LogP contribution in [-0.4, -0.2) is 14.4 Å². The maximum absolute atomic E-state index is 13.6. The van der Waals surface area contributed by atoms with Crippen molar-refractivity contribution in [3.63, 3.8) is 0 Å². The highest BCUT2D eigenvalue weighted by Crippen LogP contribution is 2.25. The van der Waals surface area contributed by atoms with E-state index in [1.807, 2.05) is 36.4 Å². The molecule has 10 heteroatoms. The largest absolute Gasteiger partial charge is 0.673 e. The number of nitrogens with one attached hydrogen (secondary N) is 1. The van der Waals surface area contributed by atoms with Gasteiger partial charge in [-0.15, -0.1) is 0 Å². The van der Waals surface area contributed by atoms with Gasteiger partial charge in [0.1, 0.15) is 22.9 Å². The molecule has 0 amide bonds. The number of ether oxygens (including phenoxy) is 1. The molecule has 0 aliphatic rings. The molecule has 178 valence electrons. The zero-order valence-electron chi connectivity index (χ0n) is 18.2. The smallest absolute Gasteiger partial charge is 0.497 e. The molecule has 1 aromatic heterocycles. The number of halogens is 6. The zero-order valence-corrected chi connectivity index (χ0v) is 19.0. The van der Waals surface area contributed by atoms with E-state index < -0.39 is 13.1 Å². The quantitative estimate of drug-likeness (QED) is 0.275. The lowest BCUT2D eigenvalue weighted by atomic mass is 10.1. The number of fused-ring (bicyclic) bond motifs is 1. The Morgan fingerprint density at radius 3 is 2.21 bits per heavy atom. The van der Waals surface area contributed by atoms with Crippen LogP contribution in [0.15, 0.2) is 71.1 Å². The van der Waals surface area contributed by atoms with Crippen LogP contribution < -0.4 is 15.1 Å². The van der Waals surface area contributed by atoms with Gasteiger partial charge < -0.3 is 26.4 Å². The highest BCUT2D eigenvalue weighted by atomic mass is 35.5. The Hall–Kier alpha value is -3.33. The van der Waals surface area contributed by atoms with Gasteiger partial charge in [-0.3, -0.25) is 0 Å². The fourth-order valence-corrected chi connectivity index (χ4v) is 3.36. The topological polar surface area (TPSA) is 36.3 Å². The maximum atomic E-state index is 13.6. The average Bonchev–Trinajstić information content (AvgIpc) is 2.80. The molecule has 0 bridgehead atoms. The first kappa shape index (κ1) is 25.3. The molecule has 4 aromatic rings. The number of hydrogen-bond donors (Lipinski definition) is 1. The van der Waals surface area contributed by atoms with Crippen LogP contribution >= 0.6 is 11.6 Å². The van der Waals surface area contributed by atoms with Gasteiger partial charge >= 0.3 is 7.25 Å². The van der Waals surface area contributed by atoms with Crippen LogP contribution in [0.5, 0.6) is 5.75 Å². The molecule has 4 rings (SSSR count). The van der Waals surface area contributed by atoms with Crippen LogP contribution in [0.4, 0.5) is 27.3 Å². The minimum Gasteiger partial charge on any atom is -0.497 e. The van der Waals surface area contributed by atoms with Gasteiger partial charge in [-0.05, 0) is 54.4 Å². The van der Waals surface area contributed by atoms with Crippen LogP contribution in [0.25, 0.3) is 22.3 Å². The van der Waals surface area contributed by atoms with Gasteiger partial charge in [0.25, 0.3) is 0 Å². The van der Waals surface area contributed by atoms with Crippen molar-refractivity contribution in [2.75, 3.05) is 7.11 Å². The van der Waals surface area contributed by atoms with Crippen molar-refractivity contribution in [1.29, 1.82) is 0 Å². The molecule has 1 heterocycles. The molecule has 3 nitrogen and oxygen atoms in total. The summed E-state index contributed by atoms with van der Waals surface area (Å²) in [5.74, 6) is 1.04.